The lowest BCUT2D eigenvalue weighted by molar-refractivity contribution is -0.116. The molecule has 2 heterocycles. The Hall–Kier alpha value is -2.84. The molecule has 0 radical (unpaired) electrons. The zero-order chi connectivity index (χ0) is 20.3. The molecule has 0 bridgehead atoms. The maximum Gasteiger partial charge on any atom is 0.339 e. The number of carbonyl (C=O) groups is 2. The summed E-state index contributed by atoms with van der Waals surface area (Å²) >= 11 is 7.62. The quantitative estimate of drug-likeness (QED) is 0.530. The van der Waals surface area contributed by atoms with Crippen LogP contribution in [0.25, 0.3) is 11.3 Å². The highest BCUT2D eigenvalue weighted by molar-refractivity contribution is 7.06. The molecule has 3 N–H and O–H groups in total. The van der Waals surface area contributed by atoms with E-state index in [-0.39, 0.29) is 29.3 Å². The number of anilines is 1. The molecule has 0 atom stereocenters. The minimum absolute atomic E-state index is 0.0561. The molecule has 1 aromatic carbocycles. The molecule has 0 saturated carbocycles. The lowest BCUT2D eigenvalue weighted by Gasteiger charge is -2.04. The number of carbonyl (C=O) groups excluding carboxylic acids is 1. The number of nitrogens with zero attached hydrogens (tertiary/aromatic N) is 2. The number of amides is 1. The van der Waals surface area contributed by atoms with E-state index in [0.29, 0.717) is 23.7 Å². The van der Waals surface area contributed by atoms with Crippen molar-refractivity contribution in [3.63, 3.8) is 0 Å². The minimum Gasteiger partial charge on any atom is -0.508 e. The normalized spacial score (nSPS) is 10.8. The van der Waals surface area contributed by atoms with Crippen LogP contribution < -0.4 is 5.32 Å². The van der Waals surface area contributed by atoms with E-state index in [1.165, 1.54) is 17.7 Å². The third kappa shape index (κ3) is 4.35. The van der Waals surface area contributed by atoms with Gasteiger partial charge in [0.15, 0.2) is 0 Å². The lowest BCUT2D eigenvalue weighted by Crippen LogP contribution is -2.13. The topological polar surface area (TPSA) is 104 Å². The lowest BCUT2D eigenvalue weighted by atomic mass is 10.1. The van der Waals surface area contributed by atoms with Crippen LogP contribution in [0.1, 0.15) is 28.6 Å². The summed E-state index contributed by atoms with van der Waals surface area (Å²) in [5.41, 5.74) is 1.72. The van der Waals surface area contributed by atoms with Crippen LogP contribution in [0, 0.1) is 0 Å². The van der Waals surface area contributed by atoms with Gasteiger partial charge in [0, 0.05) is 35.8 Å². The molecule has 0 aliphatic rings. The highest BCUT2D eigenvalue weighted by Crippen LogP contribution is 2.34. The van der Waals surface area contributed by atoms with Gasteiger partial charge in [0.05, 0.1) is 10.7 Å². The summed E-state index contributed by atoms with van der Waals surface area (Å²) in [5.74, 6) is -1.23. The maximum atomic E-state index is 12.3. The van der Waals surface area contributed by atoms with Gasteiger partial charge in [-0.2, -0.15) is 4.37 Å². The van der Waals surface area contributed by atoms with E-state index < -0.39 is 5.97 Å². The number of aryl methyl sites for hydroxylation is 2. The van der Waals surface area contributed by atoms with Gasteiger partial charge in [0.2, 0.25) is 5.91 Å². The maximum absolute atomic E-state index is 12.3. The molecule has 0 unspecified atom stereocenters. The molecule has 0 fully saturated rings. The summed E-state index contributed by atoms with van der Waals surface area (Å²) in [5, 5.41) is 21.8. The standard InChI is InChI=1S/C19H18ClN3O4S/c1-2-23-9-13(19(26)27)14(10-23)21-16(25)8-7-15-17(20)18(22-28-15)11-3-5-12(24)6-4-11/h3-6,9-10,24H,2,7-8H2,1H3,(H,21,25)(H,26,27). The summed E-state index contributed by atoms with van der Waals surface area (Å²) in [6.45, 7) is 2.49. The molecule has 3 rings (SSSR count). The van der Waals surface area contributed by atoms with Gasteiger partial charge in [-0.15, -0.1) is 0 Å². The van der Waals surface area contributed by atoms with Gasteiger partial charge >= 0.3 is 5.97 Å². The molecular formula is C19H18ClN3O4S. The minimum atomic E-state index is -1.09. The Kier molecular flexibility index (Phi) is 6.01. The van der Waals surface area contributed by atoms with Gasteiger partial charge in [-0.05, 0) is 49.1 Å². The average Bonchev–Trinajstić information content (AvgIpc) is 3.24. The van der Waals surface area contributed by atoms with Gasteiger partial charge in [0.1, 0.15) is 17.0 Å². The van der Waals surface area contributed by atoms with Crippen LogP contribution in [0.3, 0.4) is 0 Å². The van der Waals surface area contributed by atoms with Crippen molar-refractivity contribution < 1.29 is 19.8 Å². The van der Waals surface area contributed by atoms with Gasteiger partial charge < -0.3 is 20.1 Å². The van der Waals surface area contributed by atoms with Gasteiger partial charge in [-0.25, -0.2) is 4.79 Å². The van der Waals surface area contributed by atoms with Crippen molar-refractivity contribution in [1.29, 1.82) is 0 Å². The van der Waals surface area contributed by atoms with Crippen LogP contribution in [0.4, 0.5) is 5.69 Å². The molecule has 0 spiro atoms. The van der Waals surface area contributed by atoms with E-state index in [2.05, 4.69) is 9.69 Å². The molecule has 3 aromatic rings. The van der Waals surface area contributed by atoms with Crippen LogP contribution in [0.5, 0.6) is 5.75 Å². The molecule has 7 nitrogen and oxygen atoms in total. The van der Waals surface area contributed by atoms with Gasteiger partial charge in [-0.1, -0.05) is 11.6 Å². The fourth-order valence-corrected chi connectivity index (χ4v) is 3.84. The van der Waals surface area contributed by atoms with E-state index in [4.69, 9.17) is 11.6 Å². The predicted octanol–water partition coefficient (Wildman–Crippen LogP) is 4.26. The van der Waals surface area contributed by atoms with Crippen molar-refractivity contribution in [3.8, 4) is 17.0 Å². The number of hydrogen-bond acceptors (Lipinski definition) is 5. The van der Waals surface area contributed by atoms with Crippen molar-refractivity contribution in [2.75, 3.05) is 5.32 Å². The van der Waals surface area contributed by atoms with E-state index in [9.17, 15) is 19.8 Å². The Balaban J connectivity index is 1.66. The third-order valence-corrected chi connectivity index (χ3v) is 5.59. The number of halogens is 1. The molecule has 2 aromatic heterocycles. The zero-order valence-corrected chi connectivity index (χ0v) is 16.5. The first-order valence-electron chi connectivity index (χ1n) is 8.55. The van der Waals surface area contributed by atoms with Crippen molar-refractivity contribution in [2.45, 2.75) is 26.3 Å². The second-order valence-electron chi connectivity index (χ2n) is 6.08. The number of phenols is 1. The SMILES string of the molecule is CCn1cc(NC(=O)CCc2snc(-c3ccc(O)cc3)c2Cl)c(C(=O)O)c1. The Bertz CT molecular complexity index is 1010. The number of nitrogens with one attached hydrogen (secondary N) is 1. The molecule has 9 heteroatoms. The van der Waals surface area contributed by atoms with Crippen LogP contribution in [0.15, 0.2) is 36.7 Å². The van der Waals surface area contributed by atoms with Crippen molar-refractivity contribution >= 4 is 40.7 Å². The van der Waals surface area contributed by atoms with Crippen LogP contribution in [0.2, 0.25) is 5.02 Å². The van der Waals surface area contributed by atoms with Crippen LogP contribution >= 0.6 is 23.1 Å². The molecule has 0 aliphatic carbocycles. The summed E-state index contributed by atoms with van der Waals surface area (Å²) in [4.78, 5) is 24.4. The van der Waals surface area contributed by atoms with E-state index in [1.807, 2.05) is 6.92 Å². The Morgan fingerprint density at radius 2 is 1.96 bits per heavy atom. The fourth-order valence-electron chi connectivity index (χ4n) is 2.67. The molecule has 146 valence electrons. The summed E-state index contributed by atoms with van der Waals surface area (Å²) in [6.07, 6.45) is 3.62. The molecule has 0 saturated heterocycles. The number of rotatable bonds is 7. The fraction of sp³-hybridized carbons (Fsp3) is 0.211. The molecule has 28 heavy (non-hydrogen) atoms. The number of aromatic hydroxyl groups is 1. The Labute approximate surface area is 170 Å². The molecule has 1 amide bonds. The van der Waals surface area contributed by atoms with Crippen molar-refractivity contribution in [3.05, 3.63) is 52.1 Å². The largest absolute Gasteiger partial charge is 0.508 e. The third-order valence-electron chi connectivity index (χ3n) is 4.17. The number of carboxylic acids is 1. The number of aromatic carboxylic acids is 1. The van der Waals surface area contributed by atoms with E-state index in [1.54, 1.807) is 35.0 Å². The number of carboxylic acid groups (broad SMARTS) is 1. The van der Waals surface area contributed by atoms with Crippen molar-refractivity contribution in [1.82, 2.24) is 8.94 Å². The average molecular weight is 420 g/mol. The first kappa shape index (κ1) is 19.9. The predicted molar refractivity (Wildman–Crippen MR) is 108 cm³/mol. The zero-order valence-electron chi connectivity index (χ0n) is 15.0. The van der Waals surface area contributed by atoms with Crippen LogP contribution in [-0.4, -0.2) is 31.0 Å². The molecule has 0 aliphatic heterocycles. The smallest absolute Gasteiger partial charge is 0.339 e. The summed E-state index contributed by atoms with van der Waals surface area (Å²) in [7, 11) is 0. The Morgan fingerprint density at radius 3 is 2.61 bits per heavy atom. The second-order valence-corrected chi connectivity index (χ2v) is 7.32. The Morgan fingerprint density at radius 1 is 1.25 bits per heavy atom. The van der Waals surface area contributed by atoms with Crippen molar-refractivity contribution in [2.24, 2.45) is 0 Å². The number of phenolic OH excluding ortho intramolecular Hbond substituents is 1. The number of hydrogen-bond donors (Lipinski definition) is 3. The van der Waals surface area contributed by atoms with Gasteiger partial charge in [0.25, 0.3) is 0 Å². The van der Waals surface area contributed by atoms with E-state index in [0.717, 1.165) is 10.4 Å². The highest BCUT2D eigenvalue weighted by atomic mass is 35.5. The first-order valence-corrected chi connectivity index (χ1v) is 9.70. The number of benzene rings is 1. The summed E-state index contributed by atoms with van der Waals surface area (Å²) in [6, 6.07) is 6.55. The van der Waals surface area contributed by atoms with Crippen LogP contribution in [-0.2, 0) is 17.8 Å². The molecular weight excluding hydrogens is 402 g/mol. The number of aromatic nitrogens is 2. The summed E-state index contributed by atoms with van der Waals surface area (Å²) < 4.78 is 6.04. The van der Waals surface area contributed by atoms with Gasteiger partial charge in [-0.3, -0.25) is 4.79 Å². The highest BCUT2D eigenvalue weighted by Gasteiger charge is 2.17. The second kappa shape index (κ2) is 8.45. The first-order chi connectivity index (χ1) is 13.4. The van der Waals surface area contributed by atoms with E-state index >= 15 is 0 Å². The monoisotopic (exact) mass is 419 g/mol.